The van der Waals surface area contributed by atoms with E-state index < -0.39 is 21.8 Å². The number of carbonyl (C=O) groups excluding carboxylic acids is 3. The van der Waals surface area contributed by atoms with Crippen LogP contribution in [0.25, 0.3) is 0 Å². The number of ether oxygens (including phenoxy) is 3. The molecule has 1 amide bonds. The first-order valence-corrected chi connectivity index (χ1v) is 12.1. The Bertz CT molecular complexity index is 1090. The standard InChI is InChI=1S/C21H27N3O8S/c1-14(25)22-7-9-23(10-8-22)17-6-5-15(33(4,28)29)11-18(17)24-13-32-12-16(20(26)30-2)19(24)21(27)31-3/h5-6,11H,7-10,12-13H2,1-4H3. The summed E-state index contributed by atoms with van der Waals surface area (Å²) < 4.78 is 39.8. The van der Waals surface area contributed by atoms with Crippen molar-refractivity contribution in [3.63, 3.8) is 0 Å². The summed E-state index contributed by atoms with van der Waals surface area (Å²) >= 11 is 0. The molecule has 0 radical (unpaired) electrons. The lowest BCUT2D eigenvalue weighted by atomic mass is 10.1. The molecule has 2 aliphatic rings. The van der Waals surface area contributed by atoms with Gasteiger partial charge in [-0.05, 0) is 18.2 Å². The maximum atomic E-state index is 12.7. The van der Waals surface area contributed by atoms with E-state index in [9.17, 15) is 22.8 Å². The van der Waals surface area contributed by atoms with Crippen LogP contribution in [0.5, 0.6) is 0 Å². The molecule has 0 spiro atoms. The molecule has 1 aromatic rings. The number of nitrogens with zero attached hydrogens (tertiary/aromatic N) is 3. The zero-order valence-electron chi connectivity index (χ0n) is 19.0. The first-order chi connectivity index (χ1) is 15.6. The van der Waals surface area contributed by atoms with E-state index >= 15 is 0 Å². The van der Waals surface area contributed by atoms with E-state index in [0.717, 1.165) is 6.26 Å². The van der Waals surface area contributed by atoms with E-state index in [4.69, 9.17) is 14.2 Å². The van der Waals surface area contributed by atoms with E-state index in [1.807, 2.05) is 4.90 Å². The second-order valence-corrected chi connectivity index (χ2v) is 9.65. The van der Waals surface area contributed by atoms with Crippen molar-refractivity contribution in [1.29, 1.82) is 0 Å². The highest BCUT2D eigenvalue weighted by Crippen LogP contribution is 2.37. The predicted molar refractivity (Wildman–Crippen MR) is 118 cm³/mol. The molecule has 0 atom stereocenters. The van der Waals surface area contributed by atoms with Crippen LogP contribution in [0.15, 0.2) is 34.4 Å². The summed E-state index contributed by atoms with van der Waals surface area (Å²) in [5.74, 6) is -1.56. The highest BCUT2D eigenvalue weighted by molar-refractivity contribution is 7.90. The summed E-state index contributed by atoms with van der Waals surface area (Å²) in [5.41, 5.74) is 0.870. The number of rotatable bonds is 5. The van der Waals surface area contributed by atoms with Gasteiger partial charge in [0.25, 0.3) is 0 Å². The Kier molecular flexibility index (Phi) is 7.28. The summed E-state index contributed by atoms with van der Waals surface area (Å²) in [6.07, 6.45) is 1.08. The molecule has 33 heavy (non-hydrogen) atoms. The summed E-state index contributed by atoms with van der Waals surface area (Å²) in [7, 11) is -1.20. The number of anilines is 2. The molecular weight excluding hydrogens is 454 g/mol. The molecule has 1 aromatic carbocycles. The average Bonchev–Trinajstić information content (AvgIpc) is 2.81. The molecule has 0 aromatic heterocycles. The molecule has 1 saturated heterocycles. The minimum absolute atomic E-state index is 0.0228. The number of piperazine rings is 1. The van der Waals surface area contributed by atoms with Crippen LogP contribution < -0.4 is 9.80 Å². The molecule has 180 valence electrons. The van der Waals surface area contributed by atoms with Gasteiger partial charge in [0.05, 0.1) is 42.7 Å². The Morgan fingerprint density at radius 3 is 2.15 bits per heavy atom. The molecule has 2 aliphatic heterocycles. The van der Waals surface area contributed by atoms with Gasteiger partial charge in [0.1, 0.15) is 12.4 Å². The van der Waals surface area contributed by atoms with Crippen LogP contribution in [0.1, 0.15) is 6.92 Å². The quantitative estimate of drug-likeness (QED) is 0.537. The first-order valence-electron chi connectivity index (χ1n) is 10.2. The van der Waals surface area contributed by atoms with Crippen molar-refractivity contribution in [3.05, 3.63) is 29.5 Å². The number of sulfone groups is 1. The number of amides is 1. The first kappa shape index (κ1) is 24.5. The molecule has 0 saturated carbocycles. The van der Waals surface area contributed by atoms with E-state index in [1.54, 1.807) is 11.0 Å². The number of hydrogen-bond donors (Lipinski definition) is 0. The average molecular weight is 482 g/mol. The fourth-order valence-corrected chi connectivity index (χ4v) is 4.45. The Morgan fingerprint density at radius 1 is 0.970 bits per heavy atom. The maximum absolute atomic E-state index is 12.7. The third kappa shape index (κ3) is 5.11. The van der Waals surface area contributed by atoms with Gasteiger partial charge in [-0.25, -0.2) is 18.0 Å². The van der Waals surface area contributed by atoms with Gasteiger partial charge < -0.3 is 28.9 Å². The second kappa shape index (κ2) is 9.79. The molecule has 0 aliphatic carbocycles. The summed E-state index contributed by atoms with van der Waals surface area (Å²) in [5, 5.41) is 0. The van der Waals surface area contributed by atoms with Gasteiger partial charge in [-0.3, -0.25) is 4.79 Å². The van der Waals surface area contributed by atoms with Crippen LogP contribution in [-0.2, 0) is 38.4 Å². The van der Waals surface area contributed by atoms with Gasteiger partial charge in [0.2, 0.25) is 5.91 Å². The normalized spacial score (nSPS) is 17.2. The van der Waals surface area contributed by atoms with Crippen LogP contribution in [0.3, 0.4) is 0 Å². The van der Waals surface area contributed by atoms with Crippen molar-refractivity contribution in [3.8, 4) is 0 Å². The topological polar surface area (TPSA) is 123 Å². The van der Waals surface area contributed by atoms with Crippen LogP contribution in [0.4, 0.5) is 11.4 Å². The van der Waals surface area contributed by atoms with Crippen LogP contribution in [0, 0.1) is 0 Å². The van der Waals surface area contributed by atoms with E-state index in [1.165, 1.54) is 38.2 Å². The predicted octanol–water partition coefficient (Wildman–Crippen LogP) is 0.153. The Morgan fingerprint density at radius 2 is 1.61 bits per heavy atom. The summed E-state index contributed by atoms with van der Waals surface area (Å²) in [6.45, 7) is 3.22. The summed E-state index contributed by atoms with van der Waals surface area (Å²) in [6, 6.07) is 4.57. The van der Waals surface area contributed by atoms with Crippen molar-refractivity contribution in [1.82, 2.24) is 4.90 Å². The van der Waals surface area contributed by atoms with E-state index in [-0.39, 0.29) is 35.4 Å². The number of hydrogen-bond acceptors (Lipinski definition) is 10. The number of methoxy groups -OCH3 is 2. The lowest BCUT2D eigenvalue weighted by molar-refractivity contribution is -0.140. The van der Waals surface area contributed by atoms with Crippen molar-refractivity contribution < 1.29 is 37.0 Å². The van der Waals surface area contributed by atoms with Gasteiger partial charge in [-0.1, -0.05) is 0 Å². The monoisotopic (exact) mass is 481 g/mol. The second-order valence-electron chi connectivity index (χ2n) is 7.63. The van der Waals surface area contributed by atoms with Crippen LogP contribution in [0.2, 0.25) is 0 Å². The van der Waals surface area contributed by atoms with Crippen LogP contribution >= 0.6 is 0 Å². The van der Waals surface area contributed by atoms with Gasteiger partial charge in [-0.15, -0.1) is 0 Å². The maximum Gasteiger partial charge on any atom is 0.355 e. The van der Waals surface area contributed by atoms with Crippen LogP contribution in [-0.4, -0.2) is 91.2 Å². The fourth-order valence-electron chi connectivity index (χ4n) is 3.81. The third-order valence-corrected chi connectivity index (χ3v) is 6.67. The van der Waals surface area contributed by atoms with E-state index in [0.29, 0.717) is 37.6 Å². The Hall–Kier alpha value is -3.12. The fraction of sp³-hybridized carbons (Fsp3) is 0.476. The molecule has 0 unspecified atom stereocenters. The highest BCUT2D eigenvalue weighted by Gasteiger charge is 2.35. The van der Waals surface area contributed by atoms with E-state index in [2.05, 4.69) is 0 Å². The molecule has 12 heteroatoms. The molecule has 11 nitrogen and oxygen atoms in total. The molecular formula is C21H27N3O8S. The molecule has 3 rings (SSSR count). The van der Waals surface area contributed by atoms with Gasteiger partial charge in [0.15, 0.2) is 9.84 Å². The smallest absolute Gasteiger partial charge is 0.355 e. The lowest BCUT2D eigenvalue weighted by Gasteiger charge is -2.39. The molecule has 0 bridgehead atoms. The highest BCUT2D eigenvalue weighted by atomic mass is 32.2. The van der Waals surface area contributed by atoms with Crippen molar-refractivity contribution in [2.45, 2.75) is 11.8 Å². The zero-order valence-corrected chi connectivity index (χ0v) is 19.8. The minimum Gasteiger partial charge on any atom is -0.466 e. The Labute approximate surface area is 192 Å². The van der Waals surface area contributed by atoms with Gasteiger partial charge in [0, 0.05) is 39.4 Å². The Balaban J connectivity index is 2.15. The number of esters is 2. The SMILES string of the molecule is COC(=O)C1=C(C(=O)OC)N(c2cc(S(C)(=O)=O)ccc2N2CCN(C(C)=O)CC2)COC1. The number of benzene rings is 1. The van der Waals surface area contributed by atoms with Crippen molar-refractivity contribution >= 4 is 39.1 Å². The molecule has 2 heterocycles. The third-order valence-electron chi connectivity index (χ3n) is 5.56. The number of carbonyl (C=O) groups is 3. The van der Waals surface area contributed by atoms with Gasteiger partial charge >= 0.3 is 11.9 Å². The van der Waals surface area contributed by atoms with Crippen molar-refractivity contribution in [2.75, 3.05) is 69.8 Å². The summed E-state index contributed by atoms with van der Waals surface area (Å²) in [4.78, 5) is 41.9. The minimum atomic E-state index is -3.57. The zero-order chi connectivity index (χ0) is 24.3. The molecule has 0 N–H and O–H groups in total. The van der Waals surface area contributed by atoms with Crippen molar-refractivity contribution in [2.24, 2.45) is 0 Å². The lowest BCUT2D eigenvalue weighted by Crippen LogP contribution is -2.48. The largest absolute Gasteiger partial charge is 0.466 e. The molecule has 1 fully saturated rings. The van der Waals surface area contributed by atoms with Gasteiger partial charge in [-0.2, -0.15) is 0 Å².